The molecular weight excluding hydrogens is 326 g/mol. The molecule has 0 aromatic heterocycles. The van der Waals surface area contributed by atoms with Crippen LogP contribution < -0.4 is 21.3 Å². The lowest BCUT2D eigenvalue weighted by molar-refractivity contribution is -0.830. The molecule has 6 N–H and O–H groups in total. The van der Waals surface area contributed by atoms with Gasteiger partial charge in [-0.05, 0) is 18.8 Å². The maximum atomic E-state index is 12.2. The second-order valence-electron chi connectivity index (χ2n) is 4.84. The minimum atomic E-state index is -0.330. The van der Waals surface area contributed by atoms with E-state index < -0.39 is 0 Å². The van der Waals surface area contributed by atoms with Crippen molar-refractivity contribution in [2.75, 3.05) is 20.8 Å². The van der Waals surface area contributed by atoms with E-state index in [1.807, 2.05) is 0 Å². The summed E-state index contributed by atoms with van der Waals surface area (Å²) in [5.74, 6) is 0.245. The van der Waals surface area contributed by atoms with Gasteiger partial charge in [0.15, 0.2) is 5.75 Å². The summed E-state index contributed by atoms with van der Waals surface area (Å²) in [5.41, 5.74) is 5.84. The highest BCUT2D eigenvalue weighted by Crippen LogP contribution is 2.38. The number of aromatic hydroxyl groups is 1. The maximum absolute atomic E-state index is 12.2. The summed E-state index contributed by atoms with van der Waals surface area (Å²) in [7, 11) is 2.84. The molecule has 23 heavy (non-hydrogen) atoms. The second kappa shape index (κ2) is 9.19. The van der Waals surface area contributed by atoms with Gasteiger partial charge < -0.3 is 20.9 Å². The van der Waals surface area contributed by atoms with Gasteiger partial charge in [0.05, 0.1) is 19.2 Å². The summed E-state index contributed by atoms with van der Waals surface area (Å²) in [6, 6.07) is 1.41. The first kappa shape index (κ1) is 19.0. The third kappa shape index (κ3) is 5.27. The summed E-state index contributed by atoms with van der Waals surface area (Å²) in [6.07, 6.45) is 2.53. The number of nitrogens with one attached hydrogen (secondary N) is 1. The molecule has 2 amide bonds. The van der Waals surface area contributed by atoms with Gasteiger partial charge in [-0.3, -0.25) is 9.59 Å². The largest absolute Gasteiger partial charge is 0.500 e. The Morgan fingerprint density at radius 2 is 2.17 bits per heavy atom. The number of halogens is 1. The van der Waals surface area contributed by atoms with Gasteiger partial charge in [0, 0.05) is 12.6 Å². The number of carbonyl (C=O) groups is 2. The molecule has 1 aromatic carbocycles. The highest BCUT2D eigenvalue weighted by atomic mass is 35.5. The molecule has 0 saturated heterocycles. The van der Waals surface area contributed by atoms with Gasteiger partial charge in [-0.15, -0.1) is 0 Å². The van der Waals surface area contributed by atoms with Crippen molar-refractivity contribution in [1.82, 2.24) is 5.32 Å². The summed E-state index contributed by atoms with van der Waals surface area (Å²) < 4.78 is 5.01. The third-order valence-electron chi connectivity index (χ3n) is 3.19. The van der Waals surface area contributed by atoms with E-state index in [0.29, 0.717) is 12.5 Å². The van der Waals surface area contributed by atoms with Gasteiger partial charge in [0.25, 0.3) is 5.91 Å². The Labute approximate surface area is 138 Å². The minimum absolute atomic E-state index is 0.171. The van der Waals surface area contributed by atoms with Crippen LogP contribution in [0.2, 0.25) is 5.02 Å². The number of ether oxygens (including phenoxy) is 1. The number of quaternary nitrogens is 1. The predicted molar refractivity (Wildman–Crippen MR) is 83.6 cm³/mol. The number of amides is 2. The van der Waals surface area contributed by atoms with Gasteiger partial charge in [-0.25, -0.2) is 4.84 Å². The van der Waals surface area contributed by atoms with E-state index in [1.54, 1.807) is 0 Å². The maximum Gasteiger partial charge on any atom is 0.259 e. The molecule has 8 nitrogen and oxygen atoms in total. The fourth-order valence-corrected chi connectivity index (χ4v) is 2.19. The fourth-order valence-electron chi connectivity index (χ4n) is 1.90. The Balaban J connectivity index is 0.000000816. The molecular formula is C14H21ClN3O5+. The lowest BCUT2D eigenvalue weighted by Crippen LogP contribution is -2.76. The number of hydrogen-bond donors (Lipinski definition) is 4. The van der Waals surface area contributed by atoms with Crippen LogP contribution in [0.4, 0.5) is 5.69 Å². The van der Waals surface area contributed by atoms with Crippen LogP contribution in [0.3, 0.4) is 0 Å². The Morgan fingerprint density at radius 1 is 1.57 bits per heavy atom. The van der Waals surface area contributed by atoms with Crippen molar-refractivity contribution in [2.24, 2.45) is 11.7 Å². The first-order valence-electron chi connectivity index (χ1n) is 6.89. The van der Waals surface area contributed by atoms with Crippen LogP contribution in [0.1, 0.15) is 23.2 Å². The van der Waals surface area contributed by atoms with E-state index in [-0.39, 0.29) is 40.1 Å². The average molecular weight is 347 g/mol. The highest BCUT2D eigenvalue weighted by molar-refractivity contribution is 6.34. The van der Waals surface area contributed by atoms with Gasteiger partial charge in [0.1, 0.15) is 5.56 Å². The zero-order valence-electron chi connectivity index (χ0n) is 13.0. The molecule has 0 spiro atoms. The summed E-state index contributed by atoms with van der Waals surface area (Å²) in [4.78, 5) is 25.7. The van der Waals surface area contributed by atoms with Crippen LogP contribution in [0.5, 0.6) is 11.5 Å². The number of nitrogens with two attached hydrogens (primary N) is 2. The molecule has 9 heteroatoms. The summed E-state index contributed by atoms with van der Waals surface area (Å²) >= 11 is 6.12. The SMILES string of the molecule is CO[NH2+]c1c(O)c(OC)cc(Cl)c1C(=O)NCC1CC1.NC=O. The van der Waals surface area contributed by atoms with Gasteiger partial charge in [-0.1, -0.05) is 11.6 Å². The molecule has 1 aromatic rings. The average Bonchev–Trinajstić information content (AvgIpc) is 3.33. The van der Waals surface area contributed by atoms with Crippen molar-refractivity contribution in [1.29, 1.82) is 0 Å². The molecule has 0 bridgehead atoms. The minimum Gasteiger partial charge on any atom is -0.500 e. The Morgan fingerprint density at radius 3 is 2.65 bits per heavy atom. The van der Waals surface area contributed by atoms with Crippen LogP contribution in [-0.4, -0.2) is 38.2 Å². The van der Waals surface area contributed by atoms with Crippen LogP contribution in [0, 0.1) is 5.92 Å². The first-order chi connectivity index (χ1) is 11.0. The molecule has 1 aliphatic carbocycles. The first-order valence-corrected chi connectivity index (χ1v) is 7.26. The lowest BCUT2D eigenvalue weighted by Gasteiger charge is -2.12. The van der Waals surface area contributed by atoms with E-state index in [1.165, 1.54) is 25.8 Å². The Kier molecular flexibility index (Phi) is 7.60. The third-order valence-corrected chi connectivity index (χ3v) is 3.48. The number of hydrogen-bond acceptors (Lipinski definition) is 5. The molecule has 0 atom stereocenters. The van der Waals surface area contributed by atoms with Crippen molar-refractivity contribution in [2.45, 2.75) is 12.8 Å². The second-order valence-corrected chi connectivity index (χ2v) is 5.25. The summed E-state index contributed by atoms with van der Waals surface area (Å²) in [6.45, 7) is 0.619. The van der Waals surface area contributed by atoms with Gasteiger partial charge in [-0.2, -0.15) is 5.48 Å². The molecule has 0 aliphatic heterocycles. The summed E-state index contributed by atoms with van der Waals surface area (Å²) in [5, 5.41) is 13.1. The van der Waals surface area contributed by atoms with Crippen molar-refractivity contribution in [3.05, 3.63) is 16.7 Å². The molecule has 1 saturated carbocycles. The quantitative estimate of drug-likeness (QED) is 0.250. The normalized spacial score (nSPS) is 12.8. The van der Waals surface area contributed by atoms with E-state index in [9.17, 15) is 9.90 Å². The monoisotopic (exact) mass is 346 g/mol. The van der Waals surface area contributed by atoms with Crippen LogP contribution >= 0.6 is 11.6 Å². The van der Waals surface area contributed by atoms with Crippen LogP contribution in [-0.2, 0) is 9.63 Å². The smallest absolute Gasteiger partial charge is 0.259 e. The highest BCUT2D eigenvalue weighted by Gasteiger charge is 2.28. The topological polar surface area (TPSA) is 127 Å². The number of rotatable bonds is 6. The van der Waals surface area contributed by atoms with Crippen molar-refractivity contribution >= 4 is 29.6 Å². The number of carbonyl (C=O) groups excluding carboxylic acids is 2. The molecule has 0 unspecified atom stereocenters. The van der Waals surface area contributed by atoms with E-state index in [0.717, 1.165) is 12.8 Å². The van der Waals surface area contributed by atoms with Crippen molar-refractivity contribution in [3.8, 4) is 11.5 Å². The van der Waals surface area contributed by atoms with Crippen molar-refractivity contribution in [3.63, 3.8) is 0 Å². The van der Waals surface area contributed by atoms with Gasteiger partial charge in [0.2, 0.25) is 17.8 Å². The van der Waals surface area contributed by atoms with Gasteiger partial charge >= 0.3 is 0 Å². The Hall–Kier alpha value is -2.03. The van der Waals surface area contributed by atoms with E-state index in [2.05, 4.69) is 11.1 Å². The Bertz CT molecular complexity index is 564. The molecule has 1 aliphatic rings. The number of phenols is 1. The van der Waals surface area contributed by atoms with E-state index in [4.69, 9.17) is 26.0 Å². The van der Waals surface area contributed by atoms with E-state index >= 15 is 0 Å². The number of methoxy groups -OCH3 is 1. The molecule has 2 rings (SSSR count). The lowest BCUT2D eigenvalue weighted by atomic mass is 10.1. The molecule has 128 valence electrons. The predicted octanol–water partition coefficient (Wildman–Crippen LogP) is 0.0518. The number of benzene rings is 1. The fraction of sp³-hybridized carbons (Fsp3) is 0.429. The van der Waals surface area contributed by atoms with Crippen LogP contribution in [0.15, 0.2) is 6.07 Å². The standard InChI is InChI=1S/C13H17ClN2O4.CH3NO/c1-19-9-5-8(14)10(11(12(9)17)16-20-2)13(18)15-6-7-3-4-7;2-1-3/h5,7,16-17H,3-4,6H2,1-2H3,(H,15,18);1H,(H2,2,3)/p+1. The van der Waals surface area contributed by atoms with Crippen LogP contribution in [0.25, 0.3) is 0 Å². The molecule has 0 radical (unpaired) electrons. The molecule has 0 heterocycles. The number of phenolic OH excluding ortho intramolecular Hbond substituents is 1. The molecule has 1 fully saturated rings. The zero-order valence-corrected chi connectivity index (χ0v) is 13.7. The van der Waals surface area contributed by atoms with Crippen molar-refractivity contribution < 1.29 is 29.8 Å². The zero-order chi connectivity index (χ0) is 17.4. The number of primary amides is 1.